The Hall–Kier alpha value is -1.50. The predicted molar refractivity (Wildman–Crippen MR) is 94.4 cm³/mol. The van der Waals surface area contributed by atoms with Gasteiger partial charge in [0.1, 0.15) is 5.75 Å². The molecule has 0 aliphatic heterocycles. The molecular weight excluding hydrogens is 341 g/mol. The van der Waals surface area contributed by atoms with Crippen molar-refractivity contribution in [3.63, 3.8) is 0 Å². The second kappa shape index (κ2) is 10.3. The van der Waals surface area contributed by atoms with E-state index < -0.39 is 6.04 Å². The van der Waals surface area contributed by atoms with Crippen molar-refractivity contribution in [2.24, 2.45) is 5.73 Å². The molecule has 3 N–H and O–H groups in total. The largest absolute Gasteiger partial charge is 0.482 e. The van der Waals surface area contributed by atoms with Crippen LogP contribution in [-0.2, 0) is 9.59 Å². The molecule has 1 atom stereocenters. The molecule has 0 saturated carbocycles. The molecule has 0 fully saturated rings. The predicted octanol–water partition coefficient (Wildman–Crippen LogP) is 2.29. The molecule has 8 heteroatoms. The highest BCUT2D eigenvalue weighted by molar-refractivity contribution is 6.32. The second-order valence-corrected chi connectivity index (χ2v) is 5.19. The Morgan fingerprint density at radius 3 is 2.43 bits per heavy atom. The average Bonchev–Trinajstić information content (AvgIpc) is 2.47. The summed E-state index contributed by atoms with van der Waals surface area (Å²) >= 11 is 6.09. The van der Waals surface area contributed by atoms with Crippen LogP contribution in [0.3, 0.4) is 0 Å². The number of rotatable bonds is 7. The Bertz CT molecular complexity index is 535. The molecule has 0 aromatic heterocycles. The van der Waals surface area contributed by atoms with Gasteiger partial charge in [-0.05, 0) is 39.0 Å². The minimum atomic E-state index is -0.610. The van der Waals surface area contributed by atoms with E-state index in [0.717, 1.165) is 0 Å². The fourth-order valence-electron chi connectivity index (χ4n) is 1.76. The molecule has 0 aliphatic carbocycles. The second-order valence-electron chi connectivity index (χ2n) is 4.78. The third kappa shape index (κ3) is 6.64. The lowest BCUT2D eigenvalue weighted by Gasteiger charge is -2.19. The number of nitrogens with two attached hydrogens (primary N) is 1. The van der Waals surface area contributed by atoms with Gasteiger partial charge in [-0.2, -0.15) is 0 Å². The summed E-state index contributed by atoms with van der Waals surface area (Å²) in [6.07, 6.45) is 0. The number of benzene rings is 1. The lowest BCUT2D eigenvalue weighted by molar-refractivity contribution is -0.133. The minimum Gasteiger partial charge on any atom is -0.482 e. The van der Waals surface area contributed by atoms with Crippen LogP contribution in [0.5, 0.6) is 5.75 Å². The van der Waals surface area contributed by atoms with Crippen LogP contribution in [-0.4, -0.2) is 42.5 Å². The van der Waals surface area contributed by atoms with Crippen LogP contribution >= 0.6 is 24.0 Å². The number of amides is 2. The molecule has 6 nitrogen and oxygen atoms in total. The van der Waals surface area contributed by atoms with Gasteiger partial charge in [-0.25, -0.2) is 0 Å². The molecule has 0 spiro atoms. The van der Waals surface area contributed by atoms with Crippen LogP contribution < -0.4 is 15.8 Å². The van der Waals surface area contributed by atoms with Gasteiger partial charge in [-0.3, -0.25) is 9.59 Å². The fourth-order valence-corrected chi connectivity index (χ4v) is 1.99. The smallest absolute Gasteiger partial charge is 0.260 e. The monoisotopic (exact) mass is 363 g/mol. The zero-order valence-electron chi connectivity index (χ0n) is 13.5. The van der Waals surface area contributed by atoms with Gasteiger partial charge in [-0.15, -0.1) is 12.4 Å². The maximum Gasteiger partial charge on any atom is 0.260 e. The van der Waals surface area contributed by atoms with Crippen molar-refractivity contribution >= 4 is 41.5 Å². The standard InChI is InChI=1S/C15H22ClN3O3.ClH/c1-4-19(5-2)14(20)9-22-13-7-6-11(8-12(13)16)18-15(21)10(3)17;/h6-8,10H,4-5,9,17H2,1-3H3,(H,18,21);1H/t10-;/m1./s1. The minimum absolute atomic E-state index is 0. The highest BCUT2D eigenvalue weighted by Crippen LogP contribution is 2.27. The molecule has 0 heterocycles. The molecule has 2 amide bonds. The van der Waals surface area contributed by atoms with Gasteiger partial charge in [0.25, 0.3) is 5.91 Å². The molecule has 1 aromatic rings. The van der Waals surface area contributed by atoms with Crippen molar-refractivity contribution in [2.75, 3.05) is 25.0 Å². The van der Waals surface area contributed by atoms with E-state index in [9.17, 15) is 9.59 Å². The third-order valence-electron chi connectivity index (χ3n) is 3.08. The van der Waals surface area contributed by atoms with Gasteiger partial charge < -0.3 is 20.7 Å². The van der Waals surface area contributed by atoms with Crippen LogP contribution in [0.1, 0.15) is 20.8 Å². The first-order valence-electron chi connectivity index (χ1n) is 7.15. The maximum atomic E-state index is 11.9. The number of hydrogen-bond acceptors (Lipinski definition) is 4. The maximum absolute atomic E-state index is 11.9. The molecule has 1 rings (SSSR count). The van der Waals surface area contributed by atoms with Crippen molar-refractivity contribution in [2.45, 2.75) is 26.8 Å². The van der Waals surface area contributed by atoms with E-state index in [0.29, 0.717) is 29.5 Å². The molecule has 23 heavy (non-hydrogen) atoms. The number of halogens is 2. The first-order valence-corrected chi connectivity index (χ1v) is 7.53. The van der Waals surface area contributed by atoms with Gasteiger partial charge in [0.15, 0.2) is 6.61 Å². The van der Waals surface area contributed by atoms with Gasteiger partial charge in [0.05, 0.1) is 11.1 Å². The summed E-state index contributed by atoms with van der Waals surface area (Å²) < 4.78 is 5.43. The lowest BCUT2D eigenvalue weighted by atomic mass is 10.2. The lowest BCUT2D eigenvalue weighted by Crippen LogP contribution is -2.34. The zero-order valence-corrected chi connectivity index (χ0v) is 15.0. The van der Waals surface area contributed by atoms with Crippen LogP contribution in [0.25, 0.3) is 0 Å². The highest BCUT2D eigenvalue weighted by atomic mass is 35.5. The molecule has 0 unspecified atom stereocenters. The molecule has 0 saturated heterocycles. The number of hydrogen-bond donors (Lipinski definition) is 2. The van der Waals surface area contributed by atoms with Gasteiger partial charge in [-0.1, -0.05) is 11.6 Å². The van der Waals surface area contributed by atoms with E-state index in [1.165, 1.54) is 0 Å². The van der Waals surface area contributed by atoms with Crippen molar-refractivity contribution in [3.8, 4) is 5.75 Å². The number of nitrogens with zero attached hydrogens (tertiary/aromatic N) is 1. The zero-order chi connectivity index (χ0) is 16.7. The first kappa shape index (κ1) is 21.5. The molecule has 1 aromatic carbocycles. The van der Waals surface area contributed by atoms with Crippen molar-refractivity contribution in [3.05, 3.63) is 23.2 Å². The molecule has 0 radical (unpaired) electrons. The summed E-state index contributed by atoms with van der Waals surface area (Å²) in [5.74, 6) is -0.0159. The van der Waals surface area contributed by atoms with Crippen molar-refractivity contribution < 1.29 is 14.3 Å². The Labute approximate surface area is 147 Å². The number of anilines is 1. The van der Waals surface area contributed by atoms with Crippen molar-refractivity contribution in [1.29, 1.82) is 0 Å². The third-order valence-corrected chi connectivity index (χ3v) is 3.38. The number of carbonyl (C=O) groups is 2. The molecule has 0 aliphatic rings. The van der Waals surface area contributed by atoms with Crippen LogP contribution in [0.4, 0.5) is 5.69 Å². The van der Waals surface area contributed by atoms with Gasteiger partial charge in [0, 0.05) is 18.8 Å². The van der Waals surface area contributed by atoms with E-state index in [4.69, 9.17) is 22.1 Å². The highest BCUT2D eigenvalue weighted by Gasteiger charge is 2.13. The summed E-state index contributed by atoms with van der Waals surface area (Å²) in [5.41, 5.74) is 6.00. The van der Waals surface area contributed by atoms with Gasteiger partial charge >= 0.3 is 0 Å². The van der Waals surface area contributed by atoms with E-state index in [1.54, 1.807) is 30.0 Å². The Balaban J connectivity index is 0.00000484. The first-order chi connectivity index (χ1) is 10.4. The topological polar surface area (TPSA) is 84.7 Å². The number of likely N-dealkylation sites (N-methyl/N-ethyl adjacent to an activating group) is 1. The summed E-state index contributed by atoms with van der Waals surface area (Å²) in [6.45, 7) is 6.60. The van der Waals surface area contributed by atoms with Crippen LogP contribution in [0.2, 0.25) is 5.02 Å². The van der Waals surface area contributed by atoms with Crippen molar-refractivity contribution in [1.82, 2.24) is 4.90 Å². The summed E-state index contributed by atoms with van der Waals surface area (Å²) in [7, 11) is 0. The summed E-state index contributed by atoms with van der Waals surface area (Å²) in [5, 5.41) is 2.95. The average molecular weight is 364 g/mol. The van der Waals surface area contributed by atoms with Gasteiger partial charge in [0.2, 0.25) is 5.91 Å². The molecule has 0 bridgehead atoms. The van der Waals surface area contributed by atoms with E-state index in [1.807, 2.05) is 13.8 Å². The van der Waals surface area contributed by atoms with E-state index >= 15 is 0 Å². The normalized spacial score (nSPS) is 11.2. The van der Waals surface area contributed by atoms with Crippen LogP contribution in [0.15, 0.2) is 18.2 Å². The Morgan fingerprint density at radius 1 is 1.35 bits per heavy atom. The number of nitrogens with one attached hydrogen (secondary N) is 1. The Kier molecular flexibility index (Phi) is 9.64. The van der Waals surface area contributed by atoms with Crippen LogP contribution in [0, 0.1) is 0 Å². The fraction of sp³-hybridized carbons (Fsp3) is 0.467. The molecular formula is C15H23Cl2N3O3. The quantitative estimate of drug-likeness (QED) is 0.778. The number of ether oxygens (including phenoxy) is 1. The summed E-state index contributed by atoms with van der Waals surface area (Å²) in [6, 6.07) is 4.19. The van der Waals surface area contributed by atoms with E-state index in [2.05, 4.69) is 5.32 Å². The Morgan fingerprint density at radius 2 is 1.96 bits per heavy atom. The number of carbonyl (C=O) groups excluding carboxylic acids is 2. The SMILES string of the molecule is CCN(CC)C(=O)COc1ccc(NC(=O)[C@@H](C)N)cc1Cl.Cl. The van der Waals surface area contributed by atoms with E-state index in [-0.39, 0.29) is 30.8 Å². The molecule has 130 valence electrons. The summed E-state index contributed by atoms with van der Waals surface area (Å²) in [4.78, 5) is 25.0.